The number of thiocarbonyl (C=S) groups is 1. The van der Waals surface area contributed by atoms with Gasteiger partial charge in [0.25, 0.3) is 0 Å². The Hall–Kier alpha value is -1.92. The van der Waals surface area contributed by atoms with E-state index in [1.54, 1.807) is 11.3 Å². The smallest absolute Gasteiger partial charge is 0.341 e. The monoisotopic (exact) mass is 416 g/mol. The van der Waals surface area contributed by atoms with Gasteiger partial charge in [0.2, 0.25) is 0 Å². The zero-order valence-electron chi connectivity index (χ0n) is 16.7. The number of aryl methyl sites for hydroxylation is 1. The zero-order valence-corrected chi connectivity index (χ0v) is 18.3. The highest BCUT2D eigenvalue weighted by Crippen LogP contribution is 2.40. The number of hydrogen-bond donors (Lipinski definition) is 2. The maximum atomic E-state index is 12.4. The molecule has 3 rings (SSSR count). The van der Waals surface area contributed by atoms with E-state index in [-0.39, 0.29) is 12.0 Å². The van der Waals surface area contributed by atoms with E-state index in [4.69, 9.17) is 17.0 Å². The van der Waals surface area contributed by atoms with Gasteiger partial charge in [0.15, 0.2) is 5.11 Å². The number of carbonyl (C=O) groups is 1. The molecule has 1 aromatic heterocycles. The Bertz CT molecular complexity index is 833. The molecule has 2 unspecified atom stereocenters. The van der Waals surface area contributed by atoms with Gasteiger partial charge in [-0.3, -0.25) is 0 Å². The van der Waals surface area contributed by atoms with Crippen molar-refractivity contribution in [3.63, 3.8) is 0 Å². The summed E-state index contributed by atoms with van der Waals surface area (Å²) in [7, 11) is 1.43. The van der Waals surface area contributed by atoms with Crippen LogP contribution in [-0.2, 0) is 24.0 Å². The highest BCUT2D eigenvalue weighted by molar-refractivity contribution is 7.80. The number of carbonyl (C=O) groups excluding carboxylic acids is 1. The van der Waals surface area contributed by atoms with Crippen molar-refractivity contribution in [3.05, 3.63) is 51.9 Å². The molecule has 1 aromatic carbocycles. The molecule has 28 heavy (non-hydrogen) atoms. The van der Waals surface area contributed by atoms with Crippen LogP contribution in [-0.4, -0.2) is 24.2 Å². The SMILES string of the molecule is COC(=O)c1c(NC(=S)NC(C)CCc2ccccc2)sc2c1CCC(C)C2. The first-order valence-electron chi connectivity index (χ1n) is 9.82. The average Bonchev–Trinajstić information content (AvgIpc) is 3.03. The molecular formula is C22H28N2O2S2. The van der Waals surface area contributed by atoms with Gasteiger partial charge < -0.3 is 15.4 Å². The van der Waals surface area contributed by atoms with Gasteiger partial charge in [-0.2, -0.15) is 0 Å². The van der Waals surface area contributed by atoms with Crippen molar-refractivity contribution in [3.8, 4) is 0 Å². The van der Waals surface area contributed by atoms with Gasteiger partial charge in [0.05, 0.1) is 12.7 Å². The highest BCUT2D eigenvalue weighted by Gasteiger charge is 2.28. The minimum atomic E-state index is -0.283. The second-order valence-electron chi connectivity index (χ2n) is 7.57. The van der Waals surface area contributed by atoms with Gasteiger partial charge in [-0.15, -0.1) is 11.3 Å². The fourth-order valence-electron chi connectivity index (χ4n) is 3.62. The van der Waals surface area contributed by atoms with Crippen molar-refractivity contribution in [2.75, 3.05) is 12.4 Å². The second-order valence-corrected chi connectivity index (χ2v) is 9.08. The molecule has 1 heterocycles. The summed E-state index contributed by atoms with van der Waals surface area (Å²) < 4.78 is 5.04. The Morgan fingerprint density at radius 3 is 2.82 bits per heavy atom. The quantitative estimate of drug-likeness (QED) is 0.514. The lowest BCUT2D eigenvalue weighted by molar-refractivity contribution is 0.0601. The normalized spacial score (nSPS) is 16.8. The van der Waals surface area contributed by atoms with Crippen LogP contribution in [0.3, 0.4) is 0 Å². The molecule has 0 fully saturated rings. The van der Waals surface area contributed by atoms with Gasteiger partial charge >= 0.3 is 5.97 Å². The molecular weight excluding hydrogens is 388 g/mol. The lowest BCUT2D eigenvalue weighted by atomic mass is 9.88. The van der Waals surface area contributed by atoms with E-state index < -0.39 is 0 Å². The first kappa shape index (κ1) is 20.8. The van der Waals surface area contributed by atoms with E-state index in [9.17, 15) is 4.79 Å². The van der Waals surface area contributed by atoms with E-state index in [0.29, 0.717) is 16.6 Å². The van der Waals surface area contributed by atoms with Gasteiger partial charge in [0, 0.05) is 10.9 Å². The Morgan fingerprint density at radius 2 is 2.11 bits per heavy atom. The highest BCUT2D eigenvalue weighted by atomic mass is 32.1. The van der Waals surface area contributed by atoms with Crippen molar-refractivity contribution in [1.29, 1.82) is 0 Å². The summed E-state index contributed by atoms with van der Waals surface area (Å²) >= 11 is 7.16. The Morgan fingerprint density at radius 1 is 1.36 bits per heavy atom. The predicted octanol–water partition coefficient (Wildman–Crippen LogP) is 4.97. The zero-order chi connectivity index (χ0) is 20.1. The topological polar surface area (TPSA) is 50.4 Å². The van der Waals surface area contributed by atoms with Crippen LogP contribution in [0.5, 0.6) is 0 Å². The van der Waals surface area contributed by atoms with Gasteiger partial charge in [-0.25, -0.2) is 4.79 Å². The summed E-state index contributed by atoms with van der Waals surface area (Å²) in [6.07, 6.45) is 5.02. The fourth-order valence-corrected chi connectivity index (χ4v) is 5.39. The third-order valence-corrected chi connectivity index (χ3v) is 6.60. The third-order valence-electron chi connectivity index (χ3n) is 5.21. The number of ether oxygens (including phenoxy) is 1. The van der Waals surface area contributed by atoms with E-state index in [1.165, 1.54) is 17.6 Å². The largest absolute Gasteiger partial charge is 0.465 e. The summed E-state index contributed by atoms with van der Waals surface area (Å²) in [4.78, 5) is 13.7. The fraction of sp³-hybridized carbons (Fsp3) is 0.455. The van der Waals surface area contributed by atoms with Crippen molar-refractivity contribution >= 4 is 39.6 Å². The lowest BCUT2D eigenvalue weighted by Crippen LogP contribution is -2.36. The lowest BCUT2D eigenvalue weighted by Gasteiger charge is -2.18. The first-order chi connectivity index (χ1) is 13.5. The molecule has 2 N–H and O–H groups in total. The van der Waals surface area contributed by atoms with Crippen LogP contribution in [0.2, 0.25) is 0 Å². The third kappa shape index (κ3) is 5.11. The molecule has 2 aromatic rings. The van der Waals surface area contributed by atoms with Crippen molar-refractivity contribution in [2.24, 2.45) is 5.92 Å². The van der Waals surface area contributed by atoms with Crippen LogP contribution in [0.25, 0.3) is 0 Å². The Balaban J connectivity index is 1.64. The van der Waals surface area contributed by atoms with E-state index >= 15 is 0 Å². The standard InChI is InChI=1S/C22H28N2O2S2/c1-14-9-12-17-18(13-14)28-20(19(17)21(25)26-3)24-22(27)23-15(2)10-11-16-7-5-4-6-8-16/h4-8,14-15H,9-13H2,1-3H3,(H2,23,24,27). The number of thiophene rings is 1. The van der Waals surface area contributed by atoms with Gasteiger partial charge in [-0.05, 0) is 68.3 Å². The molecule has 0 spiro atoms. The molecule has 0 amide bonds. The molecule has 0 radical (unpaired) electrons. The molecule has 6 heteroatoms. The van der Waals surface area contributed by atoms with Crippen molar-refractivity contribution in [2.45, 2.75) is 52.0 Å². The molecule has 1 aliphatic rings. The minimum Gasteiger partial charge on any atom is -0.465 e. The molecule has 2 atom stereocenters. The summed E-state index contributed by atoms with van der Waals surface area (Å²) in [6.45, 7) is 4.38. The number of hydrogen-bond acceptors (Lipinski definition) is 4. The Labute approximate surface area is 176 Å². The number of esters is 1. The first-order valence-corrected chi connectivity index (χ1v) is 11.0. The maximum absolute atomic E-state index is 12.4. The summed E-state index contributed by atoms with van der Waals surface area (Å²) in [5.74, 6) is 0.363. The summed E-state index contributed by atoms with van der Waals surface area (Å²) in [6, 6.07) is 10.7. The number of benzene rings is 1. The van der Waals surface area contributed by atoms with Crippen LogP contribution < -0.4 is 10.6 Å². The Kier molecular flexibility index (Phi) is 7.08. The number of methoxy groups -OCH3 is 1. The number of fused-ring (bicyclic) bond motifs is 1. The van der Waals surface area contributed by atoms with Crippen LogP contribution in [0.1, 0.15) is 53.1 Å². The van der Waals surface area contributed by atoms with Crippen LogP contribution in [0.4, 0.5) is 5.00 Å². The number of rotatable bonds is 6. The van der Waals surface area contributed by atoms with Gasteiger partial charge in [-0.1, -0.05) is 37.3 Å². The molecule has 0 saturated heterocycles. The molecule has 150 valence electrons. The predicted molar refractivity (Wildman–Crippen MR) is 120 cm³/mol. The number of anilines is 1. The molecule has 4 nitrogen and oxygen atoms in total. The van der Waals surface area contributed by atoms with E-state index in [2.05, 4.69) is 48.7 Å². The molecule has 0 aliphatic heterocycles. The summed E-state index contributed by atoms with van der Waals surface area (Å²) in [5.41, 5.74) is 3.12. The average molecular weight is 417 g/mol. The van der Waals surface area contributed by atoms with Gasteiger partial charge in [0.1, 0.15) is 5.00 Å². The maximum Gasteiger partial charge on any atom is 0.341 e. The second kappa shape index (κ2) is 9.52. The van der Waals surface area contributed by atoms with E-state index in [1.807, 2.05) is 6.07 Å². The summed E-state index contributed by atoms with van der Waals surface area (Å²) in [5, 5.41) is 7.97. The van der Waals surface area contributed by atoms with Crippen LogP contribution >= 0.6 is 23.6 Å². The van der Waals surface area contributed by atoms with Crippen molar-refractivity contribution in [1.82, 2.24) is 5.32 Å². The number of nitrogens with one attached hydrogen (secondary N) is 2. The molecule has 1 aliphatic carbocycles. The van der Waals surface area contributed by atoms with Crippen LogP contribution in [0, 0.1) is 5.92 Å². The van der Waals surface area contributed by atoms with E-state index in [0.717, 1.165) is 42.7 Å². The van der Waals surface area contributed by atoms with Crippen molar-refractivity contribution < 1.29 is 9.53 Å². The molecule has 0 saturated carbocycles. The van der Waals surface area contributed by atoms with Crippen LogP contribution in [0.15, 0.2) is 30.3 Å². The molecule has 0 bridgehead atoms. The minimum absolute atomic E-state index is 0.233.